The van der Waals surface area contributed by atoms with Crippen LogP contribution in [-0.2, 0) is 4.79 Å². The average Bonchev–Trinajstić information content (AvgIpc) is 3.52. The number of hydrogen-bond donors (Lipinski definition) is 2. The van der Waals surface area contributed by atoms with E-state index in [-0.39, 0.29) is 30.1 Å². The van der Waals surface area contributed by atoms with Crippen LogP contribution in [0.3, 0.4) is 0 Å². The minimum atomic E-state index is -0.416. The largest absolute Gasteiger partial charge is 0.352 e. The Morgan fingerprint density at radius 1 is 1.11 bits per heavy atom. The summed E-state index contributed by atoms with van der Waals surface area (Å²) in [7, 11) is 0. The smallest absolute Gasteiger partial charge is 0.269 e. The topological polar surface area (TPSA) is 105 Å². The molecule has 192 valence electrons. The van der Waals surface area contributed by atoms with Crippen LogP contribution in [0, 0.1) is 17.0 Å². The van der Waals surface area contributed by atoms with E-state index in [9.17, 15) is 14.9 Å². The quantitative estimate of drug-likeness (QED) is 0.187. The maximum atomic E-state index is 12.8. The minimum Gasteiger partial charge on any atom is -0.352 e. The third-order valence-corrected chi connectivity index (χ3v) is 6.85. The molecule has 1 aliphatic rings. The van der Waals surface area contributed by atoms with Crippen LogP contribution in [0.5, 0.6) is 0 Å². The molecule has 1 fully saturated rings. The molecule has 0 aliphatic carbocycles. The standard InChI is InChI=1S/C28H26N6O3S/c1-19-6-4-7-20(18-19)30-25(35)14-17-33-27(26(31-28(33)38)23-8-2-3-15-29-23)24-9-5-16-32(24)21-10-12-22(13-11-21)34(36)37/h2-13,15-16,18,26-27H,14,17H2,1H3,(H,30,35)(H,31,38)/t26-,27-/m0/s1. The lowest BCUT2D eigenvalue weighted by molar-refractivity contribution is -0.384. The van der Waals surface area contributed by atoms with E-state index in [0.717, 1.165) is 28.3 Å². The Labute approximate surface area is 225 Å². The van der Waals surface area contributed by atoms with Gasteiger partial charge in [0.15, 0.2) is 5.11 Å². The zero-order valence-corrected chi connectivity index (χ0v) is 21.5. The second-order valence-electron chi connectivity index (χ2n) is 9.06. The molecule has 2 aromatic heterocycles. The number of carbonyl (C=O) groups excluding carboxylic acids is 1. The highest BCUT2D eigenvalue weighted by atomic mass is 32.1. The zero-order chi connectivity index (χ0) is 26.6. The van der Waals surface area contributed by atoms with E-state index in [4.69, 9.17) is 12.2 Å². The summed E-state index contributed by atoms with van der Waals surface area (Å²) in [5.41, 5.74) is 4.37. The maximum Gasteiger partial charge on any atom is 0.269 e. The fraction of sp³-hybridized carbons (Fsp3) is 0.179. The second-order valence-corrected chi connectivity index (χ2v) is 9.45. The predicted octanol–water partition coefficient (Wildman–Crippen LogP) is 5.09. The molecule has 2 aromatic carbocycles. The van der Waals surface area contributed by atoms with Crippen LogP contribution < -0.4 is 10.6 Å². The summed E-state index contributed by atoms with van der Waals surface area (Å²) in [4.78, 5) is 30.1. The Morgan fingerprint density at radius 2 is 1.92 bits per heavy atom. The molecule has 0 saturated carbocycles. The van der Waals surface area contributed by atoms with Gasteiger partial charge in [-0.15, -0.1) is 0 Å². The summed E-state index contributed by atoms with van der Waals surface area (Å²) in [5, 5.41) is 18.0. The van der Waals surface area contributed by atoms with Crippen LogP contribution in [0.2, 0.25) is 0 Å². The second kappa shape index (κ2) is 10.8. The van der Waals surface area contributed by atoms with E-state index < -0.39 is 4.92 Å². The van der Waals surface area contributed by atoms with Crippen LogP contribution in [-0.4, -0.2) is 36.9 Å². The number of nitro groups is 1. The van der Waals surface area contributed by atoms with Crippen molar-refractivity contribution >= 4 is 34.6 Å². The molecule has 0 spiro atoms. The highest BCUT2D eigenvalue weighted by molar-refractivity contribution is 7.80. The molecule has 38 heavy (non-hydrogen) atoms. The molecular weight excluding hydrogens is 500 g/mol. The van der Waals surface area contributed by atoms with Gasteiger partial charge in [-0.25, -0.2) is 0 Å². The summed E-state index contributed by atoms with van der Waals surface area (Å²) >= 11 is 5.74. The highest BCUT2D eigenvalue weighted by Crippen LogP contribution is 2.39. The molecule has 1 aliphatic heterocycles. The van der Waals surface area contributed by atoms with Gasteiger partial charge in [0.05, 0.1) is 22.7 Å². The Morgan fingerprint density at radius 3 is 2.63 bits per heavy atom. The number of thiocarbonyl (C=S) groups is 1. The van der Waals surface area contributed by atoms with E-state index in [1.807, 2.05) is 77.2 Å². The summed E-state index contributed by atoms with van der Waals surface area (Å²) < 4.78 is 1.99. The number of nitrogens with zero attached hydrogens (tertiary/aromatic N) is 4. The first-order valence-corrected chi connectivity index (χ1v) is 12.6. The average molecular weight is 527 g/mol. The Bertz CT molecular complexity index is 1470. The number of amides is 1. The lowest BCUT2D eigenvalue weighted by atomic mass is 10.0. The van der Waals surface area contributed by atoms with Crippen LogP contribution >= 0.6 is 12.2 Å². The first-order chi connectivity index (χ1) is 18.4. The summed E-state index contributed by atoms with van der Waals surface area (Å²) in [5.74, 6) is -0.107. The van der Waals surface area contributed by atoms with Crippen molar-refractivity contribution in [2.24, 2.45) is 0 Å². The van der Waals surface area contributed by atoms with Crippen LogP contribution in [0.1, 0.15) is 35.5 Å². The van der Waals surface area contributed by atoms with Crippen molar-refractivity contribution in [3.63, 3.8) is 0 Å². The monoisotopic (exact) mass is 526 g/mol. The lowest BCUT2D eigenvalue weighted by Gasteiger charge is -2.28. The van der Waals surface area contributed by atoms with Gasteiger partial charge in [-0.05, 0) is 73.2 Å². The van der Waals surface area contributed by atoms with E-state index in [1.54, 1.807) is 18.3 Å². The normalized spacial score (nSPS) is 16.8. The molecule has 1 amide bonds. The van der Waals surface area contributed by atoms with Crippen molar-refractivity contribution in [1.82, 2.24) is 19.8 Å². The number of rotatable bonds is 8. The first-order valence-electron chi connectivity index (χ1n) is 12.2. The summed E-state index contributed by atoms with van der Waals surface area (Å²) in [6.45, 7) is 2.37. The summed E-state index contributed by atoms with van der Waals surface area (Å²) in [6.07, 6.45) is 3.89. The fourth-order valence-corrected chi connectivity index (χ4v) is 5.07. The van der Waals surface area contributed by atoms with Gasteiger partial charge in [-0.3, -0.25) is 19.9 Å². The Balaban J connectivity index is 1.44. The number of aromatic nitrogens is 2. The first kappa shape index (κ1) is 25.1. The van der Waals surface area contributed by atoms with Gasteiger partial charge in [0.2, 0.25) is 5.91 Å². The van der Waals surface area contributed by atoms with Gasteiger partial charge < -0.3 is 20.1 Å². The fourth-order valence-electron chi connectivity index (χ4n) is 4.74. The van der Waals surface area contributed by atoms with Crippen molar-refractivity contribution in [2.75, 3.05) is 11.9 Å². The molecule has 0 radical (unpaired) electrons. The predicted molar refractivity (Wildman–Crippen MR) is 149 cm³/mol. The molecule has 5 rings (SSSR count). The van der Waals surface area contributed by atoms with E-state index in [1.165, 1.54) is 12.1 Å². The number of nitrogens with one attached hydrogen (secondary N) is 2. The number of carbonyl (C=O) groups is 1. The molecule has 1 saturated heterocycles. The molecule has 4 aromatic rings. The number of non-ortho nitro benzene ring substituents is 1. The molecular formula is C28H26N6O3S. The van der Waals surface area contributed by atoms with Crippen molar-refractivity contribution in [2.45, 2.75) is 25.4 Å². The van der Waals surface area contributed by atoms with E-state index in [0.29, 0.717) is 11.7 Å². The maximum absolute atomic E-state index is 12.8. The number of aryl methyl sites for hydroxylation is 1. The molecule has 0 bridgehead atoms. The molecule has 10 heteroatoms. The van der Waals surface area contributed by atoms with Crippen molar-refractivity contribution in [3.8, 4) is 5.69 Å². The van der Waals surface area contributed by atoms with E-state index in [2.05, 4.69) is 15.6 Å². The van der Waals surface area contributed by atoms with Gasteiger partial charge in [0.25, 0.3) is 5.69 Å². The molecule has 0 unspecified atom stereocenters. The van der Waals surface area contributed by atoms with Gasteiger partial charge >= 0.3 is 0 Å². The van der Waals surface area contributed by atoms with Crippen LogP contribution in [0.25, 0.3) is 5.69 Å². The van der Waals surface area contributed by atoms with Gasteiger partial charge in [-0.1, -0.05) is 18.2 Å². The van der Waals surface area contributed by atoms with Crippen LogP contribution in [0.4, 0.5) is 11.4 Å². The summed E-state index contributed by atoms with van der Waals surface area (Å²) in [6, 6.07) is 23.2. The Hall–Kier alpha value is -4.57. The Kier molecular flexibility index (Phi) is 7.14. The van der Waals surface area contributed by atoms with Gasteiger partial charge in [0.1, 0.15) is 0 Å². The molecule has 2 atom stereocenters. The van der Waals surface area contributed by atoms with Gasteiger partial charge in [-0.2, -0.15) is 0 Å². The number of nitro benzene ring substituents is 1. The van der Waals surface area contributed by atoms with E-state index >= 15 is 0 Å². The molecule has 2 N–H and O–H groups in total. The third-order valence-electron chi connectivity index (χ3n) is 6.50. The highest BCUT2D eigenvalue weighted by Gasteiger charge is 2.41. The minimum absolute atomic E-state index is 0.0266. The number of benzene rings is 2. The number of pyridine rings is 1. The molecule has 3 heterocycles. The zero-order valence-electron chi connectivity index (χ0n) is 20.7. The molecule has 9 nitrogen and oxygen atoms in total. The van der Waals surface area contributed by atoms with Crippen LogP contribution in [0.15, 0.2) is 91.3 Å². The van der Waals surface area contributed by atoms with Gasteiger partial charge in [0, 0.05) is 54.6 Å². The number of hydrogen-bond acceptors (Lipinski definition) is 5. The SMILES string of the molecule is Cc1cccc(NC(=O)CCN2C(=S)N[C@@H](c3ccccn3)[C@@H]2c2cccn2-c2ccc([N+](=O)[O-])cc2)c1. The lowest BCUT2D eigenvalue weighted by Crippen LogP contribution is -2.33. The number of anilines is 1. The van der Waals surface area contributed by atoms with Crippen molar-refractivity contribution in [1.29, 1.82) is 0 Å². The third kappa shape index (κ3) is 5.25. The van der Waals surface area contributed by atoms with Crippen molar-refractivity contribution in [3.05, 3.63) is 118 Å². The van der Waals surface area contributed by atoms with Crippen molar-refractivity contribution < 1.29 is 9.72 Å².